The number of hydrogen-bond donors (Lipinski definition) is 0. The summed E-state index contributed by atoms with van der Waals surface area (Å²) in [6.07, 6.45) is 6.76. The minimum absolute atomic E-state index is 0.401. The number of halogens is 1. The van der Waals surface area contributed by atoms with E-state index < -0.39 is 5.82 Å². The molecular weight excluding hydrogens is 421 g/mol. The summed E-state index contributed by atoms with van der Waals surface area (Å²) in [5.74, 6) is 0.889. The van der Waals surface area contributed by atoms with Gasteiger partial charge in [0, 0.05) is 56.2 Å². The van der Waals surface area contributed by atoms with Crippen molar-refractivity contribution in [2.24, 2.45) is 0 Å². The second-order valence-electron chi connectivity index (χ2n) is 8.70. The summed E-state index contributed by atoms with van der Waals surface area (Å²) in [7, 11) is 2.17. The molecule has 10 heteroatoms. The molecule has 4 aromatic rings. The lowest BCUT2D eigenvalue weighted by Crippen LogP contribution is -2.45. The highest BCUT2D eigenvalue weighted by atomic mass is 19.1. The van der Waals surface area contributed by atoms with Crippen molar-refractivity contribution in [3.8, 4) is 11.4 Å². The van der Waals surface area contributed by atoms with Crippen LogP contribution in [0.5, 0.6) is 0 Å². The van der Waals surface area contributed by atoms with E-state index in [-0.39, 0.29) is 0 Å². The third-order valence-electron chi connectivity index (χ3n) is 6.11. The van der Waals surface area contributed by atoms with Crippen LogP contribution in [-0.4, -0.2) is 83.9 Å². The van der Waals surface area contributed by atoms with Crippen LogP contribution < -0.4 is 0 Å². The van der Waals surface area contributed by atoms with Gasteiger partial charge in [0.1, 0.15) is 23.0 Å². The monoisotopic (exact) mass is 449 g/mol. The van der Waals surface area contributed by atoms with E-state index in [4.69, 9.17) is 4.98 Å². The van der Waals surface area contributed by atoms with Gasteiger partial charge in [-0.25, -0.2) is 19.3 Å². The smallest absolute Gasteiger partial charge is 0.164 e. The number of piperazine rings is 1. The standard InChI is InChI=1S/C23H28FN9/c1-16-21-23(28-17(2)27-16)33(22(29-21)19-10-20(24)13-25-12-19)15-18-11-26-32(14-18)9-8-31-6-4-30(3)5-7-31/h10-14H,4-9,15H2,1-3H3. The Kier molecular flexibility index (Phi) is 5.86. The van der Waals surface area contributed by atoms with Gasteiger partial charge in [-0.05, 0) is 27.0 Å². The summed E-state index contributed by atoms with van der Waals surface area (Å²) in [5.41, 5.74) is 3.87. The highest BCUT2D eigenvalue weighted by Crippen LogP contribution is 2.26. The van der Waals surface area contributed by atoms with Gasteiger partial charge in [0.25, 0.3) is 0 Å². The van der Waals surface area contributed by atoms with Crippen LogP contribution in [0.3, 0.4) is 0 Å². The van der Waals surface area contributed by atoms with E-state index in [1.165, 1.54) is 12.3 Å². The third kappa shape index (κ3) is 4.62. The molecule has 4 aromatic heterocycles. The number of nitrogens with zero attached hydrogens (tertiary/aromatic N) is 9. The van der Waals surface area contributed by atoms with Crippen LogP contribution in [0, 0.1) is 19.7 Å². The molecule has 0 atom stereocenters. The van der Waals surface area contributed by atoms with E-state index in [2.05, 4.69) is 43.1 Å². The molecule has 9 nitrogen and oxygen atoms in total. The molecule has 0 N–H and O–H groups in total. The first-order valence-corrected chi connectivity index (χ1v) is 11.2. The van der Waals surface area contributed by atoms with Crippen LogP contribution in [0.15, 0.2) is 30.9 Å². The van der Waals surface area contributed by atoms with Gasteiger partial charge in [-0.2, -0.15) is 5.10 Å². The topological polar surface area (TPSA) is 80.8 Å². The lowest BCUT2D eigenvalue weighted by Gasteiger charge is -2.32. The first kappa shape index (κ1) is 21.6. The number of hydrogen-bond acceptors (Lipinski definition) is 7. The Labute approximate surface area is 191 Å². The summed E-state index contributed by atoms with van der Waals surface area (Å²) < 4.78 is 17.9. The lowest BCUT2D eigenvalue weighted by molar-refractivity contribution is 0.149. The number of likely N-dealkylation sites (N-methyl/N-ethyl adjacent to an activating group) is 1. The van der Waals surface area contributed by atoms with E-state index in [0.717, 1.165) is 56.2 Å². The number of pyridine rings is 1. The van der Waals surface area contributed by atoms with Gasteiger partial charge < -0.3 is 9.47 Å². The van der Waals surface area contributed by atoms with Gasteiger partial charge in [0.05, 0.1) is 31.2 Å². The Bertz CT molecular complexity index is 1270. The van der Waals surface area contributed by atoms with Crippen molar-refractivity contribution in [2.75, 3.05) is 39.8 Å². The van der Waals surface area contributed by atoms with Crippen LogP contribution in [0.4, 0.5) is 4.39 Å². The maximum atomic E-state index is 13.9. The zero-order valence-corrected chi connectivity index (χ0v) is 19.2. The largest absolute Gasteiger partial charge is 0.304 e. The molecule has 5 heterocycles. The molecule has 1 aliphatic heterocycles. The molecule has 1 saturated heterocycles. The van der Waals surface area contributed by atoms with E-state index in [9.17, 15) is 4.39 Å². The van der Waals surface area contributed by atoms with Crippen molar-refractivity contribution < 1.29 is 4.39 Å². The summed E-state index contributed by atoms with van der Waals surface area (Å²) in [6, 6.07) is 1.44. The van der Waals surface area contributed by atoms with Crippen molar-refractivity contribution >= 4 is 11.2 Å². The van der Waals surface area contributed by atoms with E-state index in [0.29, 0.717) is 29.3 Å². The molecular formula is C23H28FN9. The predicted molar refractivity (Wildman–Crippen MR) is 123 cm³/mol. The van der Waals surface area contributed by atoms with Crippen LogP contribution >= 0.6 is 0 Å². The highest BCUT2D eigenvalue weighted by Gasteiger charge is 2.19. The predicted octanol–water partition coefficient (Wildman–Crippen LogP) is 2.14. The SMILES string of the molecule is Cc1nc(C)c2nc(-c3cncc(F)c3)n(Cc3cnn(CCN4CCN(C)CC4)c3)c2n1. The zero-order chi connectivity index (χ0) is 22.9. The molecule has 0 bridgehead atoms. The molecule has 0 aromatic carbocycles. The van der Waals surface area contributed by atoms with Crippen LogP contribution in [0.1, 0.15) is 17.1 Å². The minimum Gasteiger partial charge on any atom is -0.304 e. The van der Waals surface area contributed by atoms with Crippen LogP contribution in [-0.2, 0) is 13.1 Å². The first-order chi connectivity index (χ1) is 16.0. The van der Waals surface area contributed by atoms with Gasteiger partial charge in [0.2, 0.25) is 0 Å². The fraction of sp³-hybridized carbons (Fsp3) is 0.435. The molecule has 0 saturated carbocycles. The van der Waals surface area contributed by atoms with E-state index >= 15 is 0 Å². The average Bonchev–Trinajstić information content (AvgIpc) is 3.39. The number of fused-ring (bicyclic) bond motifs is 1. The minimum atomic E-state index is -0.401. The molecule has 1 aliphatic rings. The number of aromatic nitrogens is 7. The zero-order valence-electron chi connectivity index (χ0n) is 19.2. The van der Waals surface area contributed by atoms with Crippen molar-refractivity contribution in [3.63, 3.8) is 0 Å². The summed E-state index contributed by atoms with van der Waals surface area (Å²) in [6.45, 7) is 10.5. The van der Waals surface area contributed by atoms with Crippen LogP contribution in [0.25, 0.3) is 22.6 Å². The number of aryl methyl sites for hydroxylation is 2. The molecule has 0 aliphatic carbocycles. The molecule has 33 heavy (non-hydrogen) atoms. The van der Waals surface area contributed by atoms with Crippen molar-refractivity contribution in [3.05, 3.63) is 53.8 Å². The molecule has 0 radical (unpaired) electrons. The summed E-state index contributed by atoms with van der Waals surface area (Å²) in [5, 5.41) is 4.57. The van der Waals surface area contributed by atoms with Crippen molar-refractivity contribution in [2.45, 2.75) is 26.9 Å². The second-order valence-corrected chi connectivity index (χ2v) is 8.70. The summed E-state index contributed by atoms with van der Waals surface area (Å²) in [4.78, 5) is 22.7. The molecule has 0 amide bonds. The van der Waals surface area contributed by atoms with E-state index in [1.807, 2.05) is 29.3 Å². The van der Waals surface area contributed by atoms with Gasteiger partial charge in [-0.1, -0.05) is 0 Å². The maximum Gasteiger partial charge on any atom is 0.164 e. The quantitative estimate of drug-likeness (QED) is 0.446. The van der Waals surface area contributed by atoms with Gasteiger partial charge in [-0.3, -0.25) is 14.6 Å². The molecule has 0 spiro atoms. The van der Waals surface area contributed by atoms with E-state index in [1.54, 1.807) is 6.20 Å². The van der Waals surface area contributed by atoms with Gasteiger partial charge >= 0.3 is 0 Å². The fourth-order valence-electron chi connectivity index (χ4n) is 4.29. The normalized spacial score (nSPS) is 15.5. The number of imidazole rings is 1. The Morgan fingerprint density at radius 2 is 1.79 bits per heavy atom. The van der Waals surface area contributed by atoms with Crippen LogP contribution in [0.2, 0.25) is 0 Å². The lowest BCUT2D eigenvalue weighted by atomic mass is 10.2. The molecule has 1 fully saturated rings. The first-order valence-electron chi connectivity index (χ1n) is 11.2. The van der Waals surface area contributed by atoms with Gasteiger partial charge in [-0.15, -0.1) is 0 Å². The Hall–Kier alpha value is -3.24. The highest BCUT2D eigenvalue weighted by molar-refractivity contribution is 5.79. The molecule has 172 valence electrons. The van der Waals surface area contributed by atoms with Crippen molar-refractivity contribution in [1.29, 1.82) is 0 Å². The fourth-order valence-corrected chi connectivity index (χ4v) is 4.29. The second kappa shape index (κ2) is 8.95. The average molecular weight is 450 g/mol. The summed E-state index contributed by atoms with van der Waals surface area (Å²) >= 11 is 0. The number of rotatable bonds is 6. The molecule has 0 unspecified atom stereocenters. The third-order valence-corrected chi connectivity index (χ3v) is 6.11. The molecule has 5 rings (SSSR count). The maximum absolute atomic E-state index is 13.9. The van der Waals surface area contributed by atoms with Gasteiger partial charge in [0.15, 0.2) is 5.65 Å². The Morgan fingerprint density at radius 3 is 2.58 bits per heavy atom. The Balaban J connectivity index is 1.42. The Morgan fingerprint density at radius 1 is 0.970 bits per heavy atom. The van der Waals surface area contributed by atoms with Crippen molar-refractivity contribution in [1.82, 2.24) is 44.1 Å².